The maximum atomic E-state index is 14.2. The van der Waals surface area contributed by atoms with Gasteiger partial charge in [-0.3, -0.25) is 9.59 Å². The van der Waals surface area contributed by atoms with Crippen LogP contribution in [-0.2, 0) is 46.5 Å². The first kappa shape index (κ1) is 45.3. The third kappa shape index (κ3) is 12.5. The topological polar surface area (TPSA) is 197 Å². The molecule has 13 nitrogen and oxygen atoms in total. The first-order chi connectivity index (χ1) is 28.1. The maximum Gasteiger partial charge on any atom is 0.416 e. The fraction of sp³-hybridized carbons (Fsp3) is 0.302. The van der Waals surface area contributed by atoms with E-state index in [1.54, 1.807) is 23.1 Å². The molecule has 16 heteroatoms. The number of para-hydroxylation sites is 1. The Morgan fingerprint density at radius 1 is 0.797 bits per heavy atom. The summed E-state index contributed by atoms with van der Waals surface area (Å²) in [4.78, 5) is 55.2. The summed E-state index contributed by atoms with van der Waals surface area (Å²) < 4.78 is 41.0. The van der Waals surface area contributed by atoms with Crippen LogP contribution in [-0.4, -0.2) is 96.0 Å². The molecule has 0 aliphatic rings. The Bertz CT molecular complexity index is 2300. The van der Waals surface area contributed by atoms with Crippen LogP contribution in [0.1, 0.15) is 41.9 Å². The van der Waals surface area contributed by atoms with Crippen molar-refractivity contribution in [3.05, 3.63) is 135 Å². The van der Waals surface area contributed by atoms with E-state index < -0.39 is 35.9 Å². The van der Waals surface area contributed by atoms with Gasteiger partial charge in [-0.15, -0.1) is 0 Å². The maximum absolute atomic E-state index is 14.2. The van der Waals surface area contributed by atoms with Crippen LogP contribution in [0, 0.1) is 11.3 Å². The number of hydrogen-bond donors (Lipinski definition) is 4. The molecule has 0 saturated heterocycles. The molecule has 4 N–H and O–H groups in total. The zero-order valence-corrected chi connectivity index (χ0v) is 32.3. The highest BCUT2D eigenvalue weighted by molar-refractivity contribution is 5.83. The van der Waals surface area contributed by atoms with Crippen LogP contribution in [0.4, 0.5) is 13.2 Å². The highest BCUT2D eigenvalue weighted by atomic mass is 19.4. The number of aliphatic carboxylic acids is 2. The SMILES string of the molecule is CCN(CC)CCN(Cc1ccc(-c2ccc(C(F)(F)F)cc2)cc1)C(=O)Cn1c(CCc2cccc(C#N)c2)nc(=O)c2ccccc21.O=C(O)[C@H](O)[C@@H](O)C(=O)O. The number of carboxylic acid groups (broad SMARTS) is 2. The van der Waals surface area contributed by atoms with E-state index in [0.29, 0.717) is 60.3 Å². The number of carbonyl (C=O) groups excluding carboxylic acids is 1. The minimum absolute atomic E-state index is 0.0246. The second kappa shape index (κ2) is 20.8. The third-order valence-electron chi connectivity index (χ3n) is 9.57. The second-order valence-electron chi connectivity index (χ2n) is 13.4. The first-order valence-corrected chi connectivity index (χ1v) is 18.6. The molecule has 1 heterocycles. The summed E-state index contributed by atoms with van der Waals surface area (Å²) in [5.74, 6) is -3.18. The Hall–Kier alpha value is -6.41. The van der Waals surface area contributed by atoms with Gasteiger partial charge in [-0.05, 0) is 78.2 Å². The van der Waals surface area contributed by atoms with Gasteiger partial charge in [0, 0.05) is 26.1 Å². The smallest absolute Gasteiger partial charge is 0.416 e. The van der Waals surface area contributed by atoms with E-state index in [1.807, 2.05) is 59.2 Å². The van der Waals surface area contributed by atoms with E-state index in [0.717, 1.165) is 41.9 Å². The van der Waals surface area contributed by atoms with E-state index in [1.165, 1.54) is 12.1 Å². The van der Waals surface area contributed by atoms with Crippen LogP contribution in [0.15, 0.2) is 102 Å². The van der Waals surface area contributed by atoms with Crippen molar-refractivity contribution in [1.82, 2.24) is 19.4 Å². The van der Waals surface area contributed by atoms with Crippen molar-refractivity contribution in [2.24, 2.45) is 0 Å². The van der Waals surface area contributed by atoms with E-state index >= 15 is 0 Å². The van der Waals surface area contributed by atoms with Crippen molar-refractivity contribution in [3.8, 4) is 17.2 Å². The van der Waals surface area contributed by atoms with Gasteiger partial charge in [0.15, 0.2) is 12.2 Å². The van der Waals surface area contributed by atoms with Crippen molar-refractivity contribution in [3.63, 3.8) is 0 Å². The standard InChI is InChI=1S/C39H38F3N5O2.C4H6O6/c1-3-45(4-2)22-23-46(26-29-12-15-31(16-13-29)32-17-19-33(20-18-32)39(40,41)42)37(48)27-47-35-11-6-5-10-34(35)38(49)44-36(47)21-14-28-8-7-9-30(24-28)25-43;5-1(3(7)8)2(6)4(9)10/h5-13,15-20,24H,3-4,14,21-23,26-27H2,1-2H3;1-2,5-6H,(H,7,8)(H,9,10)/t;1-,2-/m.1/s1. The average molecular weight is 816 g/mol. The van der Waals surface area contributed by atoms with Gasteiger partial charge in [-0.25, -0.2) is 9.59 Å². The normalized spacial score (nSPS) is 12.3. The number of fused-ring (bicyclic) bond motifs is 1. The van der Waals surface area contributed by atoms with Crippen LogP contribution in [0.3, 0.4) is 0 Å². The zero-order chi connectivity index (χ0) is 43.3. The average Bonchev–Trinajstić information content (AvgIpc) is 3.23. The predicted molar refractivity (Wildman–Crippen MR) is 212 cm³/mol. The van der Waals surface area contributed by atoms with Crippen molar-refractivity contribution in [1.29, 1.82) is 5.26 Å². The molecule has 0 radical (unpaired) electrons. The van der Waals surface area contributed by atoms with Crippen molar-refractivity contribution in [2.45, 2.75) is 58.2 Å². The Morgan fingerprint density at radius 2 is 1.39 bits per heavy atom. The number of aliphatic hydroxyl groups excluding tert-OH is 2. The fourth-order valence-corrected chi connectivity index (χ4v) is 6.16. The van der Waals surface area contributed by atoms with Crippen LogP contribution in [0.2, 0.25) is 0 Å². The molecule has 5 aromatic rings. The minimum Gasteiger partial charge on any atom is -0.479 e. The number of nitrogens with zero attached hydrogens (tertiary/aromatic N) is 5. The quantitative estimate of drug-likeness (QED) is 0.105. The van der Waals surface area contributed by atoms with Gasteiger partial charge >= 0.3 is 18.1 Å². The van der Waals surface area contributed by atoms with Gasteiger partial charge in [0.25, 0.3) is 5.56 Å². The van der Waals surface area contributed by atoms with Crippen LogP contribution in [0.25, 0.3) is 22.0 Å². The number of carbonyl (C=O) groups is 3. The summed E-state index contributed by atoms with van der Waals surface area (Å²) in [7, 11) is 0. The van der Waals surface area contributed by atoms with Crippen LogP contribution >= 0.6 is 0 Å². The number of rotatable bonds is 16. The molecule has 5 rings (SSSR count). The molecule has 1 amide bonds. The summed E-state index contributed by atoms with van der Waals surface area (Å²) in [5, 5.41) is 42.3. The van der Waals surface area contributed by atoms with E-state index in [4.69, 9.17) is 20.4 Å². The molecule has 0 spiro atoms. The number of benzene rings is 4. The number of likely N-dealkylation sites (N-methyl/N-ethyl adjacent to an activating group) is 1. The molecular formula is C43H44F3N5O8. The minimum atomic E-state index is -4.40. The number of aliphatic hydroxyl groups is 2. The Morgan fingerprint density at radius 3 is 1.95 bits per heavy atom. The van der Waals surface area contributed by atoms with E-state index in [-0.39, 0.29) is 18.0 Å². The van der Waals surface area contributed by atoms with Crippen molar-refractivity contribution < 1.29 is 48.0 Å². The number of alkyl halides is 3. The molecular weight excluding hydrogens is 771 g/mol. The molecule has 4 aromatic carbocycles. The summed E-state index contributed by atoms with van der Waals surface area (Å²) in [6.07, 6.45) is -8.00. The molecule has 59 heavy (non-hydrogen) atoms. The number of hydrogen-bond acceptors (Lipinski definition) is 9. The highest BCUT2D eigenvalue weighted by Crippen LogP contribution is 2.31. The first-order valence-electron chi connectivity index (χ1n) is 18.6. The fourth-order valence-electron chi connectivity index (χ4n) is 6.16. The molecule has 0 saturated carbocycles. The molecule has 0 aliphatic heterocycles. The van der Waals surface area contributed by atoms with Gasteiger partial charge in [-0.1, -0.05) is 74.5 Å². The Balaban J connectivity index is 0.000000680. The number of nitriles is 1. The van der Waals surface area contributed by atoms with Crippen LogP contribution < -0.4 is 5.56 Å². The van der Waals surface area contributed by atoms with E-state index in [9.17, 15) is 37.6 Å². The number of aryl methyl sites for hydroxylation is 2. The second-order valence-corrected chi connectivity index (χ2v) is 13.4. The molecule has 310 valence electrons. The lowest BCUT2D eigenvalue weighted by atomic mass is 10.0. The molecule has 0 unspecified atom stereocenters. The summed E-state index contributed by atoms with van der Waals surface area (Å²) in [5.41, 5.74) is 3.37. The lowest BCUT2D eigenvalue weighted by Crippen LogP contribution is -2.40. The summed E-state index contributed by atoms with van der Waals surface area (Å²) in [6.45, 7) is 7.28. The van der Waals surface area contributed by atoms with E-state index in [2.05, 4.69) is 29.8 Å². The third-order valence-corrected chi connectivity index (χ3v) is 9.57. The summed E-state index contributed by atoms with van der Waals surface area (Å²) in [6, 6.07) is 29.1. The highest BCUT2D eigenvalue weighted by Gasteiger charge is 2.30. The Labute approximate surface area is 337 Å². The van der Waals surface area contributed by atoms with Crippen LogP contribution in [0.5, 0.6) is 0 Å². The number of carboxylic acids is 2. The molecule has 0 aliphatic carbocycles. The van der Waals surface area contributed by atoms with Gasteiger partial charge in [0.1, 0.15) is 12.4 Å². The number of amides is 1. The van der Waals surface area contributed by atoms with Gasteiger partial charge < -0.3 is 34.8 Å². The molecule has 0 bridgehead atoms. The lowest BCUT2D eigenvalue weighted by molar-refractivity contribution is -0.165. The van der Waals surface area contributed by atoms with Gasteiger partial charge in [0.2, 0.25) is 5.91 Å². The Kier molecular flexibility index (Phi) is 16.0. The van der Waals surface area contributed by atoms with Crippen molar-refractivity contribution in [2.75, 3.05) is 26.2 Å². The summed E-state index contributed by atoms with van der Waals surface area (Å²) >= 11 is 0. The number of aromatic nitrogens is 2. The molecule has 0 fully saturated rings. The number of halogens is 3. The van der Waals surface area contributed by atoms with Crippen molar-refractivity contribution >= 4 is 28.7 Å². The zero-order valence-electron chi connectivity index (χ0n) is 32.3. The largest absolute Gasteiger partial charge is 0.479 e. The predicted octanol–water partition coefficient (Wildman–Crippen LogP) is 4.99. The monoisotopic (exact) mass is 815 g/mol. The van der Waals surface area contributed by atoms with Gasteiger partial charge in [-0.2, -0.15) is 23.4 Å². The molecule has 2 atom stereocenters. The molecule has 1 aromatic heterocycles. The van der Waals surface area contributed by atoms with Gasteiger partial charge in [0.05, 0.1) is 28.1 Å². The lowest BCUT2D eigenvalue weighted by Gasteiger charge is -2.28.